The number of nitrogens with one attached hydrogen (secondary N) is 1. The Morgan fingerprint density at radius 3 is 2.65 bits per heavy atom. The van der Waals surface area contributed by atoms with E-state index in [-0.39, 0.29) is 5.75 Å². The third-order valence-corrected chi connectivity index (χ3v) is 4.96. The van der Waals surface area contributed by atoms with E-state index in [0.29, 0.717) is 19.7 Å². The molecule has 138 valence electrons. The highest BCUT2D eigenvalue weighted by Crippen LogP contribution is 2.15. The first kappa shape index (κ1) is 18.4. The molecule has 7 heteroatoms. The Bertz CT molecular complexity index is 979. The van der Waals surface area contributed by atoms with E-state index in [1.807, 2.05) is 60.1 Å². The van der Waals surface area contributed by atoms with Gasteiger partial charge in [0.15, 0.2) is 0 Å². The van der Waals surface area contributed by atoms with Gasteiger partial charge in [-0.25, -0.2) is 13.4 Å². The number of sulfone groups is 1. The van der Waals surface area contributed by atoms with E-state index in [2.05, 4.69) is 10.3 Å². The molecule has 0 radical (unpaired) electrons. The molecule has 0 saturated heterocycles. The van der Waals surface area contributed by atoms with E-state index >= 15 is 0 Å². The lowest BCUT2D eigenvalue weighted by Gasteiger charge is -2.07. The highest BCUT2D eigenvalue weighted by Gasteiger charge is 2.05. The summed E-state index contributed by atoms with van der Waals surface area (Å²) in [6, 6.07) is 11.8. The van der Waals surface area contributed by atoms with Crippen molar-refractivity contribution in [2.45, 2.75) is 20.1 Å². The number of aryl methyl sites for hydroxylation is 1. The number of ether oxygens (including phenoxy) is 1. The van der Waals surface area contributed by atoms with Crippen LogP contribution < -0.4 is 10.1 Å². The van der Waals surface area contributed by atoms with Crippen LogP contribution in [-0.4, -0.2) is 36.4 Å². The fourth-order valence-electron chi connectivity index (χ4n) is 2.63. The molecule has 0 atom stereocenters. The quantitative estimate of drug-likeness (QED) is 0.614. The standard InChI is InChI=1S/C19H23N3O3S/c1-15-4-3-10-22-13-17(21-19(15)22)14-25-18-7-5-16(6-8-18)12-20-9-11-26(2,23)24/h3-8,10,13,20H,9,11-12,14H2,1-2H3. The lowest BCUT2D eigenvalue weighted by atomic mass is 10.2. The van der Waals surface area contributed by atoms with E-state index in [4.69, 9.17) is 4.74 Å². The number of rotatable bonds is 8. The van der Waals surface area contributed by atoms with Crippen LogP contribution in [0.3, 0.4) is 0 Å². The molecule has 0 aliphatic carbocycles. The SMILES string of the molecule is Cc1cccn2cc(COc3ccc(CNCCS(C)(=O)=O)cc3)nc12. The lowest BCUT2D eigenvalue weighted by molar-refractivity contribution is 0.302. The smallest absolute Gasteiger partial charge is 0.148 e. The van der Waals surface area contributed by atoms with Gasteiger partial charge in [0.25, 0.3) is 0 Å². The van der Waals surface area contributed by atoms with E-state index < -0.39 is 9.84 Å². The van der Waals surface area contributed by atoms with Crippen LogP contribution in [0.4, 0.5) is 0 Å². The van der Waals surface area contributed by atoms with Gasteiger partial charge in [-0.2, -0.15) is 0 Å². The molecule has 1 aromatic carbocycles. The normalized spacial score (nSPS) is 11.8. The van der Waals surface area contributed by atoms with Crippen molar-refractivity contribution in [2.75, 3.05) is 18.6 Å². The van der Waals surface area contributed by atoms with Crippen molar-refractivity contribution in [1.29, 1.82) is 0 Å². The fraction of sp³-hybridized carbons (Fsp3) is 0.316. The maximum absolute atomic E-state index is 11.1. The molecular formula is C19H23N3O3S. The van der Waals surface area contributed by atoms with Crippen molar-refractivity contribution in [3.8, 4) is 5.75 Å². The minimum absolute atomic E-state index is 0.146. The van der Waals surface area contributed by atoms with Crippen molar-refractivity contribution in [3.63, 3.8) is 0 Å². The summed E-state index contributed by atoms with van der Waals surface area (Å²) < 4.78 is 30.0. The number of hydrogen-bond acceptors (Lipinski definition) is 5. The number of hydrogen-bond donors (Lipinski definition) is 1. The van der Waals surface area contributed by atoms with Crippen LogP contribution in [0.2, 0.25) is 0 Å². The molecule has 2 heterocycles. The van der Waals surface area contributed by atoms with Gasteiger partial charge in [-0.3, -0.25) is 0 Å². The molecule has 3 rings (SSSR count). The first-order valence-electron chi connectivity index (χ1n) is 8.44. The second-order valence-corrected chi connectivity index (χ2v) is 8.65. The highest BCUT2D eigenvalue weighted by atomic mass is 32.2. The van der Waals surface area contributed by atoms with Gasteiger partial charge in [0, 0.05) is 31.7 Å². The molecule has 0 fully saturated rings. The van der Waals surface area contributed by atoms with Crippen LogP contribution in [0.15, 0.2) is 48.8 Å². The Labute approximate surface area is 153 Å². The van der Waals surface area contributed by atoms with Gasteiger partial charge in [-0.05, 0) is 36.2 Å². The predicted octanol–water partition coefficient (Wildman–Crippen LogP) is 2.36. The number of fused-ring (bicyclic) bond motifs is 1. The minimum Gasteiger partial charge on any atom is -0.487 e. The maximum atomic E-state index is 11.1. The van der Waals surface area contributed by atoms with Crippen LogP contribution in [0.25, 0.3) is 5.65 Å². The largest absolute Gasteiger partial charge is 0.487 e. The molecule has 0 aliphatic rings. The van der Waals surface area contributed by atoms with Crippen molar-refractivity contribution in [1.82, 2.24) is 14.7 Å². The Balaban J connectivity index is 1.51. The summed E-state index contributed by atoms with van der Waals surface area (Å²) in [7, 11) is -2.92. The van der Waals surface area contributed by atoms with Crippen molar-refractivity contribution >= 4 is 15.5 Å². The molecule has 0 unspecified atom stereocenters. The van der Waals surface area contributed by atoms with Crippen LogP contribution >= 0.6 is 0 Å². The zero-order valence-electron chi connectivity index (χ0n) is 15.0. The maximum Gasteiger partial charge on any atom is 0.148 e. The zero-order chi connectivity index (χ0) is 18.6. The van der Waals surface area contributed by atoms with Crippen LogP contribution in [0, 0.1) is 6.92 Å². The number of benzene rings is 1. The van der Waals surface area contributed by atoms with Crippen molar-refractivity contribution < 1.29 is 13.2 Å². The first-order valence-corrected chi connectivity index (χ1v) is 10.5. The average Bonchev–Trinajstić information content (AvgIpc) is 3.02. The monoisotopic (exact) mass is 373 g/mol. The topological polar surface area (TPSA) is 72.7 Å². The third kappa shape index (κ3) is 5.06. The molecule has 0 bridgehead atoms. The fourth-order valence-corrected chi connectivity index (χ4v) is 3.14. The Morgan fingerprint density at radius 2 is 1.96 bits per heavy atom. The van der Waals surface area contributed by atoms with Gasteiger partial charge in [-0.15, -0.1) is 0 Å². The third-order valence-electron chi connectivity index (χ3n) is 4.02. The molecule has 2 aromatic heterocycles. The summed E-state index contributed by atoms with van der Waals surface area (Å²) in [5, 5.41) is 3.12. The van der Waals surface area contributed by atoms with Crippen LogP contribution in [0.5, 0.6) is 5.75 Å². The van der Waals surface area contributed by atoms with Gasteiger partial charge < -0.3 is 14.5 Å². The second kappa shape index (κ2) is 7.88. The Kier molecular flexibility index (Phi) is 5.58. The molecule has 0 spiro atoms. The summed E-state index contributed by atoms with van der Waals surface area (Å²) in [5.41, 5.74) is 4.04. The number of pyridine rings is 1. The summed E-state index contributed by atoms with van der Waals surface area (Å²) in [6.07, 6.45) is 5.19. The van der Waals surface area contributed by atoms with Crippen molar-refractivity contribution in [3.05, 3.63) is 65.6 Å². The molecule has 0 saturated carbocycles. The summed E-state index contributed by atoms with van der Waals surface area (Å²) >= 11 is 0. The highest BCUT2D eigenvalue weighted by molar-refractivity contribution is 7.90. The van der Waals surface area contributed by atoms with Crippen LogP contribution in [-0.2, 0) is 23.0 Å². The van der Waals surface area contributed by atoms with Gasteiger partial charge in [-0.1, -0.05) is 18.2 Å². The van der Waals surface area contributed by atoms with E-state index in [0.717, 1.165) is 28.2 Å². The molecule has 0 amide bonds. The number of imidazole rings is 1. The molecular weight excluding hydrogens is 350 g/mol. The van der Waals surface area contributed by atoms with Gasteiger partial charge in [0.1, 0.15) is 27.8 Å². The average molecular weight is 373 g/mol. The van der Waals surface area contributed by atoms with Gasteiger partial charge in [0.2, 0.25) is 0 Å². The van der Waals surface area contributed by atoms with Crippen molar-refractivity contribution in [2.24, 2.45) is 0 Å². The Hall–Kier alpha value is -2.38. The minimum atomic E-state index is -2.92. The number of nitrogens with zero attached hydrogens (tertiary/aromatic N) is 2. The predicted molar refractivity (Wildman–Crippen MR) is 102 cm³/mol. The molecule has 6 nitrogen and oxygen atoms in total. The molecule has 3 aromatic rings. The zero-order valence-corrected chi connectivity index (χ0v) is 15.8. The van der Waals surface area contributed by atoms with E-state index in [9.17, 15) is 8.42 Å². The summed E-state index contributed by atoms with van der Waals surface area (Å²) in [4.78, 5) is 4.59. The molecule has 0 aliphatic heterocycles. The number of aromatic nitrogens is 2. The summed E-state index contributed by atoms with van der Waals surface area (Å²) in [5.74, 6) is 0.922. The van der Waals surface area contributed by atoms with Crippen LogP contribution in [0.1, 0.15) is 16.8 Å². The van der Waals surface area contributed by atoms with E-state index in [1.165, 1.54) is 6.26 Å². The molecule has 26 heavy (non-hydrogen) atoms. The van der Waals surface area contributed by atoms with Gasteiger partial charge in [0.05, 0.1) is 11.4 Å². The van der Waals surface area contributed by atoms with Gasteiger partial charge >= 0.3 is 0 Å². The van der Waals surface area contributed by atoms with E-state index in [1.54, 1.807) is 0 Å². The molecule has 1 N–H and O–H groups in total. The second-order valence-electron chi connectivity index (χ2n) is 6.39. The Morgan fingerprint density at radius 1 is 1.19 bits per heavy atom. The lowest BCUT2D eigenvalue weighted by Crippen LogP contribution is -2.21. The first-order chi connectivity index (χ1) is 12.4. The summed E-state index contributed by atoms with van der Waals surface area (Å²) in [6.45, 7) is 3.52.